The lowest BCUT2D eigenvalue weighted by atomic mass is 9.88. The van der Waals surface area contributed by atoms with Crippen molar-refractivity contribution in [1.82, 2.24) is 10.2 Å². The molecule has 0 saturated carbocycles. The number of rotatable bonds is 6. The summed E-state index contributed by atoms with van der Waals surface area (Å²) in [6.45, 7) is 2.03. The van der Waals surface area contributed by atoms with Gasteiger partial charge in [-0.3, -0.25) is 0 Å². The number of hydrogen-bond acceptors (Lipinski definition) is 1. The van der Waals surface area contributed by atoms with Crippen LogP contribution in [-0.2, 0) is 0 Å². The molecule has 5 rings (SSSR count). The van der Waals surface area contributed by atoms with E-state index < -0.39 is 0 Å². The molecule has 1 saturated heterocycles. The van der Waals surface area contributed by atoms with Crippen LogP contribution >= 0.6 is 0 Å². The van der Waals surface area contributed by atoms with Crippen LogP contribution in [0.4, 0.5) is 4.79 Å². The number of hydrogen-bond donors (Lipinski definition) is 1. The minimum absolute atomic E-state index is 0.0203. The second-order valence-electron chi connectivity index (χ2n) is 9.26. The van der Waals surface area contributed by atoms with E-state index in [-0.39, 0.29) is 11.9 Å². The number of carbonyl (C=O) groups excluding carboxylic acids is 1. The molecule has 3 heteroatoms. The van der Waals surface area contributed by atoms with Crippen LogP contribution in [0.1, 0.15) is 41.0 Å². The first-order valence-electron chi connectivity index (χ1n) is 12.7. The van der Waals surface area contributed by atoms with E-state index in [9.17, 15) is 4.79 Å². The summed E-state index contributed by atoms with van der Waals surface area (Å²) in [5.41, 5.74) is 7.63. The van der Waals surface area contributed by atoms with Crippen LogP contribution in [0.5, 0.6) is 0 Å². The summed E-state index contributed by atoms with van der Waals surface area (Å²) < 4.78 is 0. The third-order valence-corrected chi connectivity index (χ3v) is 6.99. The van der Waals surface area contributed by atoms with Crippen LogP contribution in [0.25, 0.3) is 5.57 Å². The van der Waals surface area contributed by atoms with Crippen LogP contribution < -0.4 is 5.32 Å². The zero-order valence-electron chi connectivity index (χ0n) is 20.5. The van der Waals surface area contributed by atoms with Gasteiger partial charge in [-0.25, -0.2) is 4.79 Å². The van der Waals surface area contributed by atoms with Gasteiger partial charge in [-0.1, -0.05) is 127 Å². The highest BCUT2D eigenvalue weighted by molar-refractivity contribution is 5.82. The minimum atomic E-state index is 0.0203. The molecule has 0 spiro atoms. The Labute approximate surface area is 214 Å². The predicted molar refractivity (Wildman–Crippen MR) is 148 cm³/mol. The average Bonchev–Trinajstić information content (AvgIpc) is 2.96. The van der Waals surface area contributed by atoms with Gasteiger partial charge >= 0.3 is 6.03 Å². The van der Waals surface area contributed by atoms with Crippen molar-refractivity contribution in [1.29, 1.82) is 0 Å². The second kappa shape index (κ2) is 11.5. The molecule has 0 aromatic heterocycles. The zero-order valence-corrected chi connectivity index (χ0v) is 20.5. The van der Waals surface area contributed by atoms with E-state index >= 15 is 0 Å². The normalized spacial score (nSPS) is 13.5. The summed E-state index contributed by atoms with van der Waals surface area (Å²) in [5.74, 6) is 0.124. The van der Waals surface area contributed by atoms with Crippen molar-refractivity contribution in [2.45, 2.75) is 18.8 Å². The fraction of sp³-hybridized carbons (Fsp3) is 0.182. The van der Waals surface area contributed by atoms with E-state index in [2.05, 4.69) is 115 Å². The lowest BCUT2D eigenvalue weighted by Gasteiger charge is -2.31. The molecule has 36 heavy (non-hydrogen) atoms. The molecule has 1 N–H and O–H groups in total. The first-order valence-corrected chi connectivity index (χ1v) is 12.7. The van der Waals surface area contributed by atoms with E-state index in [1.54, 1.807) is 0 Å². The maximum absolute atomic E-state index is 13.2. The van der Waals surface area contributed by atoms with E-state index in [1.165, 1.54) is 33.4 Å². The molecule has 4 aromatic rings. The molecular weight excluding hydrogens is 440 g/mol. The Morgan fingerprint density at radius 2 is 1.06 bits per heavy atom. The number of piperidine rings is 1. The summed E-state index contributed by atoms with van der Waals surface area (Å²) in [6, 6.07) is 42.1. The molecule has 0 aliphatic carbocycles. The minimum Gasteiger partial charge on any atom is -0.337 e. The number of carbonyl (C=O) groups is 1. The van der Waals surface area contributed by atoms with Gasteiger partial charge in [0.25, 0.3) is 0 Å². The number of nitrogens with zero attached hydrogens (tertiary/aromatic N) is 1. The maximum Gasteiger partial charge on any atom is 0.317 e. The highest BCUT2D eigenvalue weighted by atomic mass is 16.2. The smallest absolute Gasteiger partial charge is 0.317 e. The van der Waals surface area contributed by atoms with Gasteiger partial charge in [-0.2, -0.15) is 0 Å². The van der Waals surface area contributed by atoms with Crippen molar-refractivity contribution in [2.75, 3.05) is 19.6 Å². The maximum atomic E-state index is 13.2. The van der Waals surface area contributed by atoms with Crippen LogP contribution in [0.2, 0.25) is 0 Å². The van der Waals surface area contributed by atoms with Gasteiger partial charge in [0.15, 0.2) is 0 Å². The summed E-state index contributed by atoms with van der Waals surface area (Å²) in [5, 5.41) is 3.23. The standard InChI is InChI=1S/C33H32N2O/c36-33(34-25-31(26-13-5-1-6-14-26)27-15-7-2-8-16-27)35-23-21-30(22-24-35)32(28-17-9-3-10-18-28)29-19-11-4-12-20-29/h1-20,31H,21-25H2,(H,34,36). The first-order chi connectivity index (χ1) is 17.8. The molecular formula is C33H32N2O. The van der Waals surface area contributed by atoms with Crippen molar-refractivity contribution in [3.63, 3.8) is 0 Å². The van der Waals surface area contributed by atoms with E-state index in [1.807, 2.05) is 17.0 Å². The average molecular weight is 473 g/mol. The molecule has 0 unspecified atom stereocenters. The van der Waals surface area contributed by atoms with Gasteiger partial charge in [0.1, 0.15) is 0 Å². The zero-order chi connectivity index (χ0) is 24.6. The Bertz CT molecular complexity index is 1190. The molecule has 1 fully saturated rings. The summed E-state index contributed by atoms with van der Waals surface area (Å²) >= 11 is 0. The Kier molecular flexibility index (Phi) is 7.58. The molecule has 2 amide bonds. The van der Waals surface area contributed by atoms with Crippen LogP contribution in [-0.4, -0.2) is 30.6 Å². The fourth-order valence-corrected chi connectivity index (χ4v) is 5.11. The van der Waals surface area contributed by atoms with E-state index in [0.717, 1.165) is 25.9 Å². The number of likely N-dealkylation sites (tertiary alicyclic amines) is 1. The summed E-state index contributed by atoms with van der Waals surface area (Å²) in [7, 11) is 0. The second-order valence-corrected chi connectivity index (χ2v) is 9.26. The van der Waals surface area contributed by atoms with Gasteiger partial charge in [-0.15, -0.1) is 0 Å². The lowest BCUT2D eigenvalue weighted by molar-refractivity contribution is 0.193. The highest BCUT2D eigenvalue weighted by Crippen LogP contribution is 2.32. The Hall–Kier alpha value is -4.11. The molecule has 1 aliphatic rings. The van der Waals surface area contributed by atoms with Crippen LogP contribution in [0.3, 0.4) is 0 Å². The largest absolute Gasteiger partial charge is 0.337 e. The molecule has 180 valence electrons. The summed E-state index contributed by atoms with van der Waals surface area (Å²) in [6.07, 6.45) is 1.76. The summed E-state index contributed by atoms with van der Waals surface area (Å²) in [4.78, 5) is 15.1. The van der Waals surface area contributed by atoms with Crippen LogP contribution in [0.15, 0.2) is 127 Å². The topological polar surface area (TPSA) is 32.3 Å². The Balaban J connectivity index is 1.28. The molecule has 0 atom stereocenters. The highest BCUT2D eigenvalue weighted by Gasteiger charge is 2.23. The Morgan fingerprint density at radius 1 is 0.639 bits per heavy atom. The molecule has 4 aromatic carbocycles. The van der Waals surface area contributed by atoms with Crippen molar-refractivity contribution in [3.05, 3.63) is 149 Å². The third kappa shape index (κ3) is 5.58. The molecule has 0 bridgehead atoms. The number of benzene rings is 4. The van der Waals surface area contributed by atoms with E-state index in [4.69, 9.17) is 0 Å². The van der Waals surface area contributed by atoms with Crippen molar-refractivity contribution < 1.29 is 4.79 Å². The first kappa shape index (κ1) is 23.6. The van der Waals surface area contributed by atoms with E-state index in [0.29, 0.717) is 6.54 Å². The van der Waals surface area contributed by atoms with Crippen molar-refractivity contribution >= 4 is 11.6 Å². The van der Waals surface area contributed by atoms with Gasteiger partial charge in [0.2, 0.25) is 0 Å². The number of nitrogens with one attached hydrogen (secondary N) is 1. The van der Waals surface area contributed by atoms with Gasteiger partial charge in [-0.05, 0) is 40.7 Å². The molecule has 0 radical (unpaired) electrons. The number of amides is 2. The number of urea groups is 1. The monoisotopic (exact) mass is 472 g/mol. The lowest BCUT2D eigenvalue weighted by Crippen LogP contribution is -2.44. The quantitative estimate of drug-likeness (QED) is 0.318. The predicted octanol–water partition coefficient (Wildman–Crippen LogP) is 7.13. The molecule has 1 aliphatic heterocycles. The van der Waals surface area contributed by atoms with Crippen molar-refractivity contribution in [3.8, 4) is 0 Å². The van der Waals surface area contributed by atoms with Crippen LogP contribution in [0, 0.1) is 0 Å². The Morgan fingerprint density at radius 3 is 1.50 bits per heavy atom. The van der Waals surface area contributed by atoms with Gasteiger partial charge < -0.3 is 10.2 Å². The van der Waals surface area contributed by atoms with Gasteiger partial charge in [0.05, 0.1) is 0 Å². The third-order valence-electron chi connectivity index (χ3n) is 6.99. The fourth-order valence-electron chi connectivity index (χ4n) is 5.11. The molecule has 1 heterocycles. The SMILES string of the molecule is O=C(NCC(c1ccccc1)c1ccccc1)N1CCC(=C(c2ccccc2)c2ccccc2)CC1. The molecule has 3 nitrogen and oxygen atoms in total. The van der Waals surface area contributed by atoms with Gasteiger partial charge in [0, 0.05) is 25.6 Å². The van der Waals surface area contributed by atoms with Crippen molar-refractivity contribution in [2.24, 2.45) is 0 Å².